The van der Waals surface area contributed by atoms with Crippen molar-refractivity contribution in [2.75, 3.05) is 26.2 Å². The summed E-state index contributed by atoms with van der Waals surface area (Å²) in [5.41, 5.74) is 1.66. The van der Waals surface area contributed by atoms with Crippen molar-refractivity contribution in [2.45, 2.75) is 71.6 Å². The van der Waals surface area contributed by atoms with E-state index in [0.717, 1.165) is 32.4 Å². The van der Waals surface area contributed by atoms with E-state index in [-0.39, 0.29) is 16.2 Å². The predicted octanol–water partition coefficient (Wildman–Crippen LogP) is 3.26. The zero-order valence-corrected chi connectivity index (χ0v) is 16.5. The smallest absolute Gasteiger partial charge is 0.217 e. The fourth-order valence-electron chi connectivity index (χ4n) is 3.60. The molecule has 0 aromatic carbocycles. The van der Waals surface area contributed by atoms with E-state index in [1.54, 1.807) is 4.31 Å². The van der Waals surface area contributed by atoms with Crippen molar-refractivity contribution >= 4 is 10.0 Å². The Labute approximate surface area is 143 Å². The standard InChI is InChI=1S/C18H34N2O2S/c1-17(2,3)15-7-13-20(14-8-15)23(21,22)16-9-11-19(12-10-16)18(4,5)6/h7,16H,8-14H2,1-6H3. The van der Waals surface area contributed by atoms with Gasteiger partial charge in [-0.05, 0) is 58.5 Å². The summed E-state index contributed by atoms with van der Waals surface area (Å²) in [6, 6.07) is 0. The van der Waals surface area contributed by atoms with E-state index in [4.69, 9.17) is 0 Å². The second-order valence-electron chi connectivity index (χ2n) is 8.99. The van der Waals surface area contributed by atoms with Gasteiger partial charge in [0.05, 0.1) is 5.25 Å². The molecule has 2 aliphatic heterocycles. The number of rotatable bonds is 2. The third-order valence-corrected chi connectivity index (χ3v) is 7.67. The first-order chi connectivity index (χ1) is 10.4. The summed E-state index contributed by atoms with van der Waals surface area (Å²) in [4.78, 5) is 2.40. The lowest BCUT2D eigenvalue weighted by Crippen LogP contribution is -2.51. The Hall–Kier alpha value is -0.390. The monoisotopic (exact) mass is 342 g/mol. The normalized spacial score (nSPS) is 23.8. The summed E-state index contributed by atoms with van der Waals surface area (Å²) in [7, 11) is -3.16. The highest BCUT2D eigenvalue weighted by Gasteiger charge is 2.37. The zero-order chi connectivity index (χ0) is 17.5. The Morgan fingerprint density at radius 1 is 1.00 bits per heavy atom. The predicted molar refractivity (Wildman–Crippen MR) is 97.0 cm³/mol. The van der Waals surface area contributed by atoms with Crippen molar-refractivity contribution in [1.82, 2.24) is 9.21 Å². The van der Waals surface area contributed by atoms with Gasteiger partial charge in [0.15, 0.2) is 0 Å². The highest BCUT2D eigenvalue weighted by molar-refractivity contribution is 7.89. The molecule has 0 spiro atoms. The van der Waals surface area contributed by atoms with E-state index in [2.05, 4.69) is 52.5 Å². The first-order valence-corrected chi connectivity index (χ1v) is 10.4. The second-order valence-corrected chi connectivity index (χ2v) is 11.2. The van der Waals surface area contributed by atoms with Crippen LogP contribution in [-0.2, 0) is 10.0 Å². The topological polar surface area (TPSA) is 40.6 Å². The lowest BCUT2D eigenvalue weighted by molar-refractivity contribution is 0.111. The molecule has 4 nitrogen and oxygen atoms in total. The first kappa shape index (κ1) is 18.9. The molecule has 5 heteroatoms. The molecule has 2 heterocycles. The van der Waals surface area contributed by atoms with Gasteiger partial charge >= 0.3 is 0 Å². The van der Waals surface area contributed by atoms with Crippen LogP contribution in [0, 0.1) is 5.41 Å². The molecule has 0 bridgehead atoms. The maximum absolute atomic E-state index is 12.9. The molecule has 0 radical (unpaired) electrons. The molecule has 134 valence electrons. The number of nitrogens with zero attached hydrogens (tertiary/aromatic N) is 2. The van der Waals surface area contributed by atoms with Crippen LogP contribution in [0.4, 0.5) is 0 Å². The van der Waals surface area contributed by atoms with Crippen molar-refractivity contribution < 1.29 is 8.42 Å². The van der Waals surface area contributed by atoms with Crippen molar-refractivity contribution in [3.63, 3.8) is 0 Å². The Morgan fingerprint density at radius 3 is 1.96 bits per heavy atom. The van der Waals surface area contributed by atoms with Crippen LogP contribution in [0.3, 0.4) is 0 Å². The second kappa shape index (κ2) is 6.49. The van der Waals surface area contributed by atoms with Gasteiger partial charge < -0.3 is 0 Å². The molecule has 0 unspecified atom stereocenters. The summed E-state index contributed by atoms with van der Waals surface area (Å²) in [6.07, 6.45) is 4.51. The number of sulfonamides is 1. The first-order valence-electron chi connectivity index (χ1n) is 8.86. The molecule has 0 saturated carbocycles. The molecule has 2 rings (SSSR count). The van der Waals surface area contributed by atoms with Crippen LogP contribution in [0.5, 0.6) is 0 Å². The Balaban J connectivity index is 2.00. The SMILES string of the molecule is CC(C)(C)C1=CCN(S(=O)(=O)C2CCN(C(C)(C)C)CC2)CC1. The Bertz CT molecular complexity index is 545. The summed E-state index contributed by atoms with van der Waals surface area (Å²) < 4.78 is 27.6. The van der Waals surface area contributed by atoms with Crippen LogP contribution >= 0.6 is 0 Å². The summed E-state index contributed by atoms with van der Waals surface area (Å²) >= 11 is 0. The van der Waals surface area contributed by atoms with E-state index in [0.29, 0.717) is 13.1 Å². The van der Waals surface area contributed by atoms with Crippen LogP contribution in [0.2, 0.25) is 0 Å². The molecule has 0 aliphatic carbocycles. The van der Waals surface area contributed by atoms with Crippen LogP contribution in [-0.4, -0.2) is 54.6 Å². The fraction of sp³-hybridized carbons (Fsp3) is 0.889. The molecule has 0 atom stereocenters. The minimum absolute atomic E-state index is 0.129. The number of hydrogen-bond acceptors (Lipinski definition) is 3. The van der Waals surface area contributed by atoms with Gasteiger partial charge in [0, 0.05) is 18.6 Å². The highest BCUT2D eigenvalue weighted by atomic mass is 32.2. The number of likely N-dealkylation sites (tertiary alicyclic amines) is 1. The van der Waals surface area contributed by atoms with E-state index < -0.39 is 10.0 Å². The van der Waals surface area contributed by atoms with E-state index in [9.17, 15) is 8.42 Å². The zero-order valence-electron chi connectivity index (χ0n) is 15.7. The fourth-order valence-corrected chi connectivity index (χ4v) is 5.45. The summed E-state index contributed by atoms with van der Waals surface area (Å²) in [6.45, 7) is 16.2. The molecule has 2 aliphatic rings. The molecule has 1 saturated heterocycles. The molecule has 23 heavy (non-hydrogen) atoms. The van der Waals surface area contributed by atoms with Gasteiger partial charge in [-0.15, -0.1) is 0 Å². The Kier molecular flexibility index (Phi) is 5.34. The van der Waals surface area contributed by atoms with Gasteiger partial charge in [-0.3, -0.25) is 4.90 Å². The van der Waals surface area contributed by atoms with Gasteiger partial charge in [-0.1, -0.05) is 32.4 Å². The lowest BCUT2D eigenvalue weighted by atomic mass is 9.83. The minimum Gasteiger partial charge on any atom is -0.298 e. The summed E-state index contributed by atoms with van der Waals surface area (Å²) in [5.74, 6) is 0. The van der Waals surface area contributed by atoms with E-state index in [1.165, 1.54) is 5.57 Å². The van der Waals surface area contributed by atoms with Crippen LogP contribution < -0.4 is 0 Å². The van der Waals surface area contributed by atoms with Crippen LogP contribution in [0.25, 0.3) is 0 Å². The maximum Gasteiger partial charge on any atom is 0.217 e. The van der Waals surface area contributed by atoms with Gasteiger partial charge in [-0.2, -0.15) is 4.31 Å². The van der Waals surface area contributed by atoms with Crippen LogP contribution in [0.15, 0.2) is 11.6 Å². The van der Waals surface area contributed by atoms with Crippen molar-refractivity contribution in [3.8, 4) is 0 Å². The maximum atomic E-state index is 12.9. The van der Waals surface area contributed by atoms with Gasteiger partial charge in [-0.25, -0.2) is 8.42 Å². The largest absolute Gasteiger partial charge is 0.298 e. The van der Waals surface area contributed by atoms with Gasteiger partial charge in [0.1, 0.15) is 0 Å². The molecule has 0 amide bonds. The minimum atomic E-state index is -3.16. The molecule has 0 aromatic heterocycles. The van der Waals surface area contributed by atoms with Gasteiger partial charge in [0.25, 0.3) is 0 Å². The number of piperidine rings is 1. The lowest BCUT2D eigenvalue weighted by Gasteiger charge is -2.42. The van der Waals surface area contributed by atoms with Crippen molar-refractivity contribution in [1.29, 1.82) is 0 Å². The van der Waals surface area contributed by atoms with Gasteiger partial charge in [0.2, 0.25) is 10.0 Å². The average molecular weight is 343 g/mol. The third-order valence-electron chi connectivity index (χ3n) is 5.31. The van der Waals surface area contributed by atoms with Crippen molar-refractivity contribution in [3.05, 3.63) is 11.6 Å². The number of hydrogen-bond donors (Lipinski definition) is 0. The molecule has 0 aromatic rings. The molecular formula is C18H34N2O2S. The quantitative estimate of drug-likeness (QED) is 0.723. The van der Waals surface area contributed by atoms with Crippen molar-refractivity contribution in [2.24, 2.45) is 5.41 Å². The average Bonchev–Trinajstić information content (AvgIpc) is 2.46. The molecule has 1 fully saturated rings. The highest BCUT2D eigenvalue weighted by Crippen LogP contribution is 2.32. The van der Waals surface area contributed by atoms with E-state index in [1.807, 2.05) is 0 Å². The van der Waals surface area contributed by atoms with E-state index >= 15 is 0 Å². The van der Waals surface area contributed by atoms with Crippen LogP contribution in [0.1, 0.15) is 60.8 Å². The third kappa shape index (κ3) is 4.37. The molecule has 0 N–H and O–H groups in total. The molecular weight excluding hydrogens is 308 g/mol. The Morgan fingerprint density at radius 2 is 1.57 bits per heavy atom. The summed E-state index contributed by atoms with van der Waals surface area (Å²) in [5, 5.41) is -0.203.